The summed E-state index contributed by atoms with van der Waals surface area (Å²) < 4.78 is 31.9. The molecule has 0 N–H and O–H groups in total. The lowest BCUT2D eigenvalue weighted by Crippen LogP contribution is -2.22. The maximum absolute atomic E-state index is 13.4. The van der Waals surface area contributed by atoms with Crippen molar-refractivity contribution < 1.29 is 18.3 Å². The third kappa shape index (κ3) is 11.0. The fourth-order valence-corrected chi connectivity index (χ4v) is 3.13. The number of ether oxygens (including phenoxy) is 1. The Morgan fingerprint density at radius 3 is 2.38 bits per heavy atom. The standard InChI is InChI=1S/C16H30F2O2S/c1-4-7-9-14(15(19)20-12-6-3)21-13-8-11-16(17,18)10-5-2/h14H,4-13H2,1-3H3. The van der Waals surface area contributed by atoms with Crippen LogP contribution in [-0.2, 0) is 9.53 Å². The van der Waals surface area contributed by atoms with E-state index in [0.717, 1.165) is 25.7 Å². The van der Waals surface area contributed by atoms with Gasteiger partial charge in [0.1, 0.15) is 5.25 Å². The molecule has 0 saturated heterocycles. The molecule has 0 amide bonds. The van der Waals surface area contributed by atoms with E-state index < -0.39 is 5.92 Å². The molecular weight excluding hydrogens is 294 g/mol. The number of unbranched alkanes of at least 4 members (excludes halogenated alkanes) is 1. The average molecular weight is 324 g/mol. The van der Waals surface area contributed by atoms with Crippen molar-refractivity contribution in [3.63, 3.8) is 0 Å². The van der Waals surface area contributed by atoms with Crippen molar-refractivity contribution in [2.75, 3.05) is 12.4 Å². The van der Waals surface area contributed by atoms with Crippen LogP contribution in [0.3, 0.4) is 0 Å². The molecule has 0 aromatic rings. The van der Waals surface area contributed by atoms with Crippen LogP contribution >= 0.6 is 11.8 Å². The minimum Gasteiger partial charge on any atom is -0.465 e. The van der Waals surface area contributed by atoms with Gasteiger partial charge in [0.2, 0.25) is 5.92 Å². The second kappa shape index (κ2) is 12.2. The van der Waals surface area contributed by atoms with Crippen molar-refractivity contribution in [2.24, 2.45) is 0 Å². The SMILES string of the molecule is CCCCC(SCCCC(F)(F)CCC)C(=O)OCCC. The van der Waals surface area contributed by atoms with Crippen LogP contribution in [0.1, 0.15) is 72.1 Å². The number of alkyl halides is 2. The summed E-state index contributed by atoms with van der Waals surface area (Å²) in [7, 11) is 0. The number of hydrogen-bond acceptors (Lipinski definition) is 3. The first-order valence-electron chi connectivity index (χ1n) is 8.12. The molecule has 0 radical (unpaired) electrons. The molecule has 0 fully saturated rings. The van der Waals surface area contributed by atoms with Crippen molar-refractivity contribution in [1.82, 2.24) is 0 Å². The molecule has 0 aliphatic carbocycles. The largest absolute Gasteiger partial charge is 0.465 e. The highest BCUT2D eigenvalue weighted by Gasteiger charge is 2.27. The Labute approximate surface area is 132 Å². The van der Waals surface area contributed by atoms with Gasteiger partial charge in [0.05, 0.1) is 6.61 Å². The summed E-state index contributed by atoms with van der Waals surface area (Å²) in [6.45, 7) is 6.24. The van der Waals surface area contributed by atoms with E-state index in [1.807, 2.05) is 6.92 Å². The van der Waals surface area contributed by atoms with Crippen molar-refractivity contribution >= 4 is 17.7 Å². The van der Waals surface area contributed by atoms with Crippen LogP contribution in [0.2, 0.25) is 0 Å². The summed E-state index contributed by atoms with van der Waals surface area (Å²) in [5.41, 5.74) is 0. The number of esters is 1. The smallest absolute Gasteiger partial charge is 0.319 e. The van der Waals surface area contributed by atoms with Gasteiger partial charge >= 0.3 is 5.97 Å². The summed E-state index contributed by atoms with van der Waals surface area (Å²) >= 11 is 1.47. The Hall–Kier alpha value is -0.320. The van der Waals surface area contributed by atoms with E-state index in [1.54, 1.807) is 6.92 Å². The van der Waals surface area contributed by atoms with E-state index in [1.165, 1.54) is 11.8 Å². The summed E-state index contributed by atoms with van der Waals surface area (Å²) in [4.78, 5) is 11.9. The van der Waals surface area contributed by atoms with Gasteiger partial charge in [-0.2, -0.15) is 0 Å². The van der Waals surface area contributed by atoms with Gasteiger partial charge in [-0.25, -0.2) is 8.78 Å². The van der Waals surface area contributed by atoms with Gasteiger partial charge in [0.25, 0.3) is 0 Å². The molecule has 1 atom stereocenters. The summed E-state index contributed by atoms with van der Waals surface area (Å²) in [6, 6.07) is 0. The third-order valence-corrected chi connectivity index (χ3v) is 4.51. The molecular formula is C16H30F2O2S. The zero-order valence-electron chi connectivity index (χ0n) is 13.6. The number of thioether (sulfide) groups is 1. The zero-order chi connectivity index (χ0) is 16.1. The molecule has 21 heavy (non-hydrogen) atoms. The molecule has 1 unspecified atom stereocenters. The van der Waals surface area contributed by atoms with Crippen LogP contribution in [0.25, 0.3) is 0 Å². The van der Waals surface area contributed by atoms with Crippen LogP contribution in [0, 0.1) is 0 Å². The first kappa shape index (κ1) is 20.7. The first-order valence-corrected chi connectivity index (χ1v) is 9.17. The number of carbonyl (C=O) groups excluding carboxylic acids is 1. The fourth-order valence-electron chi connectivity index (χ4n) is 2.00. The lowest BCUT2D eigenvalue weighted by atomic mass is 10.1. The highest BCUT2D eigenvalue weighted by Crippen LogP contribution is 2.28. The maximum Gasteiger partial charge on any atom is 0.319 e. The van der Waals surface area contributed by atoms with Crippen LogP contribution in [-0.4, -0.2) is 29.5 Å². The van der Waals surface area contributed by atoms with Gasteiger partial charge in [-0.15, -0.1) is 11.8 Å². The molecule has 0 heterocycles. The van der Waals surface area contributed by atoms with Gasteiger partial charge in [-0.05, 0) is 25.0 Å². The Morgan fingerprint density at radius 2 is 1.81 bits per heavy atom. The number of rotatable bonds is 13. The van der Waals surface area contributed by atoms with E-state index in [0.29, 0.717) is 25.2 Å². The average Bonchev–Trinajstić information content (AvgIpc) is 2.43. The van der Waals surface area contributed by atoms with Crippen LogP contribution in [0.5, 0.6) is 0 Å². The van der Waals surface area contributed by atoms with E-state index in [9.17, 15) is 13.6 Å². The Kier molecular flexibility index (Phi) is 12.1. The predicted octanol–water partition coefficient (Wildman–Crippen LogP) is 5.45. The second-order valence-corrected chi connectivity index (χ2v) is 6.69. The van der Waals surface area contributed by atoms with E-state index in [4.69, 9.17) is 4.74 Å². The fraction of sp³-hybridized carbons (Fsp3) is 0.938. The summed E-state index contributed by atoms with van der Waals surface area (Å²) in [6.07, 6.45) is 4.38. The van der Waals surface area contributed by atoms with Gasteiger partial charge in [0.15, 0.2) is 0 Å². The van der Waals surface area contributed by atoms with Gasteiger partial charge in [-0.3, -0.25) is 4.79 Å². The maximum atomic E-state index is 13.4. The summed E-state index contributed by atoms with van der Waals surface area (Å²) in [5.74, 6) is -2.15. The number of carbonyl (C=O) groups is 1. The van der Waals surface area contributed by atoms with Gasteiger partial charge < -0.3 is 4.74 Å². The number of halogens is 2. The Balaban J connectivity index is 4.08. The molecule has 0 aromatic carbocycles. The molecule has 0 aromatic heterocycles. The molecule has 0 bridgehead atoms. The topological polar surface area (TPSA) is 26.3 Å². The van der Waals surface area contributed by atoms with Gasteiger partial charge in [0, 0.05) is 12.8 Å². The number of hydrogen-bond donors (Lipinski definition) is 0. The predicted molar refractivity (Wildman–Crippen MR) is 86.1 cm³/mol. The lowest BCUT2D eigenvalue weighted by Gasteiger charge is -2.17. The monoisotopic (exact) mass is 324 g/mol. The van der Waals surface area contributed by atoms with Crippen LogP contribution in [0.15, 0.2) is 0 Å². The molecule has 2 nitrogen and oxygen atoms in total. The normalized spacial score (nSPS) is 13.2. The molecule has 0 aliphatic rings. The van der Waals surface area contributed by atoms with E-state index >= 15 is 0 Å². The van der Waals surface area contributed by atoms with E-state index in [-0.39, 0.29) is 24.1 Å². The summed E-state index contributed by atoms with van der Waals surface area (Å²) in [5, 5.41) is -0.198. The van der Waals surface area contributed by atoms with Gasteiger partial charge in [-0.1, -0.05) is 40.0 Å². The molecule has 0 aliphatic heterocycles. The van der Waals surface area contributed by atoms with Crippen molar-refractivity contribution in [2.45, 2.75) is 83.3 Å². The second-order valence-electron chi connectivity index (χ2n) is 5.38. The minimum atomic E-state index is -2.56. The molecule has 5 heteroatoms. The molecule has 126 valence electrons. The van der Waals surface area contributed by atoms with Crippen LogP contribution in [0.4, 0.5) is 8.78 Å². The minimum absolute atomic E-state index is 0.0462. The van der Waals surface area contributed by atoms with Crippen molar-refractivity contribution in [1.29, 1.82) is 0 Å². The quantitative estimate of drug-likeness (QED) is 0.333. The molecule has 0 spiro atoms. The highest BCUT2D eigenvalue weighted by molar-refractivity contribution is 8.00. The molecule has 0 saturated carbocycles. The third-order valence-electron chi connectivity index (χ3n) is 3.15. The van der Waals surface area contributed by atoms with E-state index in [2.05, 4.69) is 6.92 Å². The van der Waals surface area contributed by atoms with Crippen molar-refractivity contribution in [3.8, 4) is 0 Å². The first-order chi connectivity index (χ1) is 9.96. The Bertz CT molecular complexity index is 273. The highest BCUT2D eigenvalue weighted by atomic mass is 32.2. The van der Waals surface area contributed by atoms with Crippen LogP contribution < -0.4 is 0 Å². The molecule has 0 rings (SSSR count). The Morgan fingerprint density at radius 1 is 1.10 bits per heavy atom. The zero-order valence-corrected chi connectivity index (χ0v) is 14.4. The lowest BCUT2D eigenvalue weighted by molar-refractivity contribution is -0.143. The van der Waals surface area contributed by atoms with Crippen molar-refractivity contribution in [3.05, 3.63) is 0 Å².